The number of nitrogens with zero attached hydrogens (tertiary/aromatic N) is 2. The zero-order valence-electron chi connectivity index (χ0n) is 17.4. The third-order valence-electron chi connectivity index (χ3n) is 5.29. The van der Waals surface area contributed by atoms with Crippen LogP contribution in [0, 0.1) is 0 Å². The largest absolute Gasteiger partial charge is 0.497 e. The highest BCUT2D eigenvalue weighted by atomic mass is 16.5. The molecule has 154 valence electrons. The fraction of sp³-hybridized carbons (Fsp3) is 0.391. The van der Waals surface area contributed by atoms with Gasteiger partial charge in [0.05, 0.1) is 13.2 Å². The zero-order chi connectivity index (χ0) is 20.8. The van der Waals surface area contributed by atoms with E-state index in [0.29, 0.717) is 25.1 Å². The van der Waals surface area contributed by atoms with Crippen molar-refractivity contribution < 1.29 is 14.3 Å². The third kappa shape index (κ3) is 5.35. The minimum atomic E-state index is -0.116. The van der Waals surface area contributed by atoms with Crippen molar-refractivity contribution in [1.82, 2.24) is 15.1 Å². The van der Waals surface area contributed by atoms with Gasteiger partial charge in [-0.25, -0.2) is 0 Å². The summed E-state index contributed by atoms with van der Waals surface area (Å²) >= 11 is 0. The summed E-state index contributed by atoms with van der Waals surface area (Å²) in [4.78, 5) is 28.5. The molecule has 1 fully saturated rings. The van der Waals surface area contributed by atoms with E-state index in [4.69, 9.17) is 4.74 Å². The number of amides is 2. The fourth-order valence-electron chi connectivity index (χ4n) is 3.64. The first-order valence-corrected chi connectivity index (χ1v) is 9.93. The SMILES string of the molecule is COc1cccc(C(CNC(=O)c2cccc(CN3CCCC3=O)c2)N(C)C)c1. The number of hydrogen-bond acceptors (Lipinski definition) is 4. The van der Waals surface area contributed by atoms with E-state index in [1.807, 2.05) is 61.5 Å². The summed E-state index contributed by atoms with van der Waals surface area (Å²) in [5.74, 6) is 0.867. The Kier molecular flexibility index (Phi) is 6.88. The van der Waals surface area contributed by atoms with Gasteiger partial charge in [0.15, 0.2) is 0 Å². The zero-order valence-corrected chi connectivity index (χ0v) is 17.4. The van der Waals surface area contributed by atoms with Crippen molar-refractivity contribution in [3.63, 3.8) is 0 Å². The molecule has 0 radical (unpaired) electrons. The predicted molar refractivity (Wildman–Crippen MR) is 113 cm³/mol. The first kappa shape index (κ1) is 20.9. The summed E-state index contributed by atoms with van der Waals surface area (Å²) in [6, 6.07) is 15.4. The van der Waals surface area contributed by atoms with Crippen LogP contribution in [0.3, 0.4) is 0 Å². The van der Waals surface area contributed by atoms with Gasteiger partial charge in [0, 0.05) is 31.6 Å². The van der Waals surface area contributed by atoms with Crippen molar-refractivity contribution >= 4 is 11.8 Å². The Balaban J connectivity index is 1.65. The molecule has 2 aromatic carbocycles. The Hall–Kier alpha value is -2.86. The van der Waals surface area contributed by atoms with Gasteiger partial charge in [-0.1, -0.05) is 24.3 Å². The third-order valence-corrected chi connectivity index (χ3v) is 5.29. The average Bonchev–Trinajstić information content (AvgIpc) is 3.12. The predicted octanol–water partition coefficient (Wildman–Crippen LogP) is 2.85. The normalized spacial score (nSPS) is 14.9. The maximum Gasteiger partial charge on any atom is 0.251 e. The smallest absolute Gasteiger partial charge is 0.251 e. The molecule has 29 heavy (non-hydrogen) atoms. The molecular weight excluding hydrogens is 366 g/mol. The van der Waals surface area contributed by atoms with Crippen LogP contribution in [0.5, 0.6) is 5.75 Å². The molecule has 1 aliphatic rings. The fourth-order valence-corrected chi connectivity index (χ4v) is 3.64. The molecule has 1 N–H and O–H groups in total. The van der Waals surface area contributed by atoms with Crippen LogP contribution in [0.15, 0.2) is 48.5 Å². The van der Waals surface area contributed by atoms with Gasteiger partial charge in [-0.2, -0.15) is 0 Å². The Bertz CT molecular complexity index is 866. The van der Waals surface area contributed by atoms with Crippen LogP contribution in [0.4, 0.5) is 0 Å². The summed E-state index contributed by atoms with van der Waals surface area (Å²) in [5.41, 5.74) is 2.66. The summed E-state index contributed by atoms with van der Waals surface area (Å²) in [6.45, 7) is 1.83. The van der Waals surface area contributed by atoms with E-state index in [1.54, 1.807) is 13.2 Å². The molecule has 0 spiro atoms. The number of rotatable bonds is 8. The van der Waals surface area contributed by atoms with E-state index in [0.717, 1.165) is 29.8 Å². The van der Waals surface area contributed by atoms with Crippen LogP contribution >= 0.6 is 0 Å². The summed E-state index contributed by atoms with van der Waals surface area (Å²) in [7, 11) is 5.63. The van der Waals surface area contributed by atoms with Crippen LogP contribution in [-0.4, -0.2) is 55.9 Å². The molecule has 1 unspecified atom stereocenters. The Morgan fingerprint density at radius 2 is 2.00 bits per heavy atom. The number of ether oxygens (including phenoxy) is 1. The molecule has 6 heteroatoms. The van der Waals surface area contributed by atoms with E-state index in [2.05, 4.69) is 10.2 Å². The highest BCUT2D eigenvalue weighted by Gasteiger charge is 2.21. The van der Waals surface area contributed by atoms with Crippen molar-refractivity contribution in [2.45, 2.75) is 25.4 Å². The van der Waals surface area contributed by atoms with E-state index in [-0.39, 0.29) is 17.9 Å². The highest BCUT2D eigenvalue weighted by Crippen LogP contribution is 2.22. The van der Waals surface area contributed by atoms with Crippen molar-refractivity contribution in [1.29, 1.82) is 0 Å². The maximum atomic E-state index is 12.7. The lowest BCUT2D eigenvalue weighted by molar-refractivity contribution is -0.128. The van der Waals surface area contributed by atoms with Gasteiger partial charge < -0.3 is 19.9 Å². The lowest BCUT2D eigenvalue weighted by atomic mass is 10.0. The van der Waals surface area contributed by atoms with Gasteiger partial charge in [-0.3, -0.25) is 9.59 Å². The summed E-state index contributed by atoms with van der Waals surface area (Å²) in [5, 5.41) is 3.04. The van der Waals surface area contributed by atoms with Gasteiger partial charge in [-0.15, -0.1) is 0 Å². The van der Waals surface area contributed by atoms with Crippen molar-refractivity contribution in [2.24, 2.45) is 0 Å². The second kappa shape index (κ2) is 9.56. The van der Waals surface area contributed by atoms with Crippen LogP contribution < -0.4 is 10.1 Å². The van der Waals surface area contributed by atoms with E-state index < -0.39 is 0 Å². The van der Waals surface area contributed by atoms with Gasteiger partial charge in [0.2, 0.25) is 5.91 Å². The molecular formula is C23H29N3O3. The topological polar surface area (TPSA) is 61.9 Å². The molecule has 6 nitrogen and oxygen atoms in total. The average molecular weight is 396 g/mol. The number of benzene rings is 2. The number of nitrogens with one attached hydrogen (secondary N) is 1. The Morgan fingerprint density at radius 1 is 1.21 bits per heavy atom. The molecule has 2 amide bonds. The molecule has 0 aromatic heterocycles. The standard InChI is InChI=1S/C23H29N3O3/c1-25(2)21(18-8-5-10-20(14-18)29-3)15-24-23(28)19-9-4-7-17(13-19)16-26-12-6-11-22(26)27/h4-5,7-10,13-14,21H,6,11-12,15-16H2,1-3H3,(H,24,28). The molecule has 3 rings (SSSR count). The molecule has 0 bridgehead atoms. The number of hydrogen-bond donors (Lipinski definition) is 1. The quantitative estimate of drug-likeness (QED) is 0.747. The van der Waals surface area contributed by atoms with E-state index in [9.17, 15) is 9.59 Å². The Morgan fingerprint density at radius 3 is 2.69 bits per heavy atom. The molecule has 0 saturated carbocycles. The Labute approximate surface area is 172 Å². The number of likely N-dealkylation sites (N-methyl/N-ethyl adjacent to an activating group) is 1. The molecule has 1 heterocycles. The van der Waals surface area contributed by atoms with Gasteiger partial charge >= 0.3 is 0 Å². The molecule has 0 aliphatic carbocycles. The highest BCUT2D eigenvalue weighted by molar-refractivity contribution is 5.94. The molecule has 1 saturated heterocycles. The number of methoxy groups -OCH3 is 1. The minimum absolute atomic E-state index is 0.0273. The van der Waals surface area contributed by atoms with Gasteiger partial charge in [-0.05, 0) is 55.9 Å². The number of carbonyl (C=O) groups is 2. The van der Waals surface area contributed by atoms with Crippen LogP contribution in [0.25, 0.3) is 0 Å². The second-order valence-electron chi connectivity index (χ2n) is 7.59. The van der Waals surface area contributed by atoms with Crippen molar-refractivity contribution in [3.05, 3.63) is 65.2 Å². The van der Waals surface area contributed by atoms with Crippen LogP contribution in [-0.2, 0) is 11.3 Å². The monoisotopic (exact) mass is 395 g/mol. The lowest BCUT2D eigenvalue weighted by Crippen LogP contribution is -2.34. The first-order chi connectivity index (χ1) is 14.0. The minimum Gasteiger partial charge on any atom is -0.497 e. The van der Waals surface area contributed by atoms with Gasteiger partial charge in [0.1, 0.15) is 5.75 Å². The maximum absolute atomic E-state index is 12.7. The van der Waals surface area contributed by atoms with Crippen molar-refractivity contribution in [3.8, 4) is 5.75 Å². The van der Waals surface area contributed by atoms with Gasteiger partial charge in [0.25, 0.3) is 5.91 Å². The second-order valence-corrected chi connectivity index (χ2v) is 7.59. The van der Waals surface area contributed by atoms with Crippen LogP contribution in [0.2, 0.25) is 0 Å². The summed E-state index contributed by atoms with van der Waals surface area (Å²) in [6.07, 6.45) is 1.53. The summed E-state index contributed by atoms with van der Waals surface area (Å²) < 4.78 is 5.32. The number of carbonyl (C=O) groups excluding carboxylic acids is 2. The lowest BCUT2D eigenvalue weighted by Gasteiger charge is -2.25. The number of likely N-dealkylation sites (tertiary alicyclic amines) is 1. The molecule has 1 aliphatic heterocycles. The van der Waals surface area contributed by atoms with E-state index in [1.165, 1.54) is 0 Å². The van der Waals surface area contributed by atoms with Crippen molar-refractivity contribution in [2.75, 3.05) is 34.3 Å². The molecule has 1 atom stereocenters. The van der Waals surface area contributed by atoms with E-state index >= 15 is 0 Å². The first-order valence-electron chi connectivity index (χ1n) is 9.93. The van der Waals surface area contributed by atoms with Crippen LogP contribution in [0.1, 0.15) is 40.4 Å². The molecule has 2 aromatic rings.